The van der Waals surface area contributed by atoms with E-state index in [2.05, 4.69) is 6.58 Å². The number of ether oxygens (including phenoxy) is 2. The van der Waals surface area contributed by atoms with E-state index in [0.717, 1.165) is 11.1 Å². The average Bonchev–Trinajstić information content (AvgIpc) is 2.45. The minimum absolute atomic E-state index is 0.149. The fourth-order valence-electron chi connectivity index (χ4n) is 2.35. The van der Waals surface area contributed by atoms with Crippen molar-refractivity contribution in [1.82, 2.24) is 0 Å². The Morgan fingerprint density at radius 3 is 2.35 bits per heavy atom. The van der Waals surface area contributed by atoms with Crippen LogP contribution in [0, 0.1) is 6.92 Å². The Morgan fingerprint density at radius 2 is 1.85 bits per heavy atom. The Bertz CT molecular complexity index is 711. The van der Waals surface area contributed by atoms with E-state index in [1.807, 2.05) is 33.8 Å². The summed E-state index contributed by atoms with van der Waals surface area (Å²) in [5.74, 6) is 0.0328. The zero-order chi connectivity index (χ0) is 20.1. The topological polar surface area (TPSA) is 93.1 Å². The van der Waals surface area contributed by atoms with Crippen molar-refractivity contribution in [3.05, 3.63) is 41.0 Å². The molecule has 0 heterocycles. The van der Waals surface area contributed by atoms with Crippen molar-refractivity contribution >= 4 is 13.6 Å². The van der Waals surface area contributed by atoms with Gasteiger partial charge in [-0.05, 0) is 30.4 Å². The second-order valence-electron chi connectivity index (χ2n) is 7.47. The molecule has 6 nitrogen and oxygen atoms in total. The number of hydrogen-bond acceptors (Lipinski definition) is 4. The Hall–Kier alpha value is -1.62. The molecule has 0 aliphatic heterocycles. The van der Waals surface area contributed by atoms with E-state index in [1.54, 1.807) is 13.0 Å². The quantitative estimate of drug-likeness (QED) is 0.306. The molecule has 0 bridgehead atoms. The maximum absolute atomic E-state index is 11.5. The van der Waals surface area contributed by atoms with Gasteiger partial charge in [-0.1, -0.05) is 39.5 Å². The lowest BCUT2D eigenvalue weighted by molar-refractivity contribution is -0.139. The zero-order valence-corrected chi connectivity index (χ0v) is 17.1. The molecule has 1 rings (SSSR count). The van der Waals surface area contributed by atoms with E-state index in [1.165, 1.54) is 0 Å². The van der Waals surface area contributed by atoms with E-state index in [4.69, 9.17) is 9.47 Å². The third kappa shape index (κ3) is 7.32. The Kier molecular flexibility index (Phi) is 7.63. The molecule has 1 aromatic carbocycles. The largest absolute Gasteiger partial charge is 0.493 e. The lowest BCUT2D eigenvalue weighted by Gasteiger charge is -2.23. The van der Waals surface area contributed by atoms with Gasteiger partial charge in [0.1, 0.15) is 5.75 Å². The van der Waals surface area contributed by atoms with Crippen molar-refractivity contribution in [3.8, 4) is 5.75 Å². The van der Waals surface area contributed by atoms with Crippen molar-refractivity contribution < 1.29 is 28.6 Å². The summed E-state index contributed by atoms with van der Waals surface area (Å²) in [4.78, 5) is 30.1. The highest BCUT2D eigenvalue weighted by atomic mass is 31.2. The minimum atomic E-state index is -4.23. The van der Waals surface area contributed by atoms with Crippen LogP contribution in [0.25, 0.3) is 0 Å². The van der Waals surface area contributed by atoms with E-state index >= 15 is 0 Å². The maximum atomic E-state index is 11.5. The molecule has 26 heavy (non-hydrogen) atoms. The summed E-state index contributed by atoms with van der Waals surface area (Å²) in [5, 5.41) is 0. The van der Waals surface area contributed by atoms with Crippen LogP contribution in [-0.2, 0) is 25.7 Å². The molecule has 0 aliphatic rings. The van der Waals surface area contributed by atoms with Crippen molar-refractivity contribution in [3.63, 3.8) is 0 Å². The van der Waals surface area contributed by atoms with Gasteiger partial charge in [0, 0.05) is 17.6 Å². The lowest BCUT2D eigenvalue weighted by atomic mass is 9.85. The molecule has 0 atom stereocenters. The van der Waals surface area contributed by atoms with Gasteiger partial charge in [-0.15, -0.1) is 0 Å². The zero-order valence-electron chi connectivity index (χ0n) is 16.2. The molecule has 7 heteroatoms. The first kappa shape index (κ1) is 22.4. The summed E-state index contributed by atoms with van der Waals surface area (Å²) in [6.45, 7) is 13.5. The fraction of sp³-hybridized carbons (Fsp3) is 0.526. The summed E-state index contributed by atoms with van der Waals surface area (Å²) >= 11 is 0. The van der Waals surface area contributed by atoms with Crippen LogP contribution in [0.3, 0.4) is 0 Å². The van der Waals surface area contributed by atoms with Gasteiger partial charge < -0.3 is 19.3 Å². The summed E-state index contributed by atoms with van der Waals surface area (Å²) in [5.41, 5.74) is 2.48. The number of esters is 1. The third-order valence-electron chi connectivity index (χ3n) is 3.71. The number of carbonyl (C=O) groups is 1. The highest BCUT2D eigenvalue weighted by Crippen LogP contribution is 2.43. The van der Waals surface area contributed by atoms with E-state index in [-0.39, 0.29) is 24.8 Å². The molecule has 1 aromatic rings. The molecule has 0 saturated carbocycles. The first-order valence-electron chi connectivity index (χ1n) is 8.45. The predicted molar refractivity (Wildman–Crippen MR) is 102 cm³/mol. The maximum Gasteiger partial charge on any atom is 0.333 e. The molecule has 2 N–H and O–H groups in total. The number of carbonyl (C=O) groups excluding carboxylic acids is 1. The van der Waals surface area contributed by atoms with Crippen LogP contribution >= 0.6 is 7.60 Å². The summed E-state index contributed by atoms with van der Waals surface area (Å²) in [6.07, 6.45) is 0.0899. The van der Waals surface area contributed by atoms with Gasteiger partial charge in [0.25, 0.3) is 0 Å². The van der Waals surface area contributed by atoms with Crippen molar-refractivity contribution in [1.29, 1.82) is 0 Å². The molecular formula is C19H29O6P. The first-order valence-corrected chi connectivity index (χ1v) is 10.2. The number of benzene rings is 1. The smallest absolute Gasteiger partial charge is 0.333 e. The van der Waals surface area contributed by atoms with Gasteiger partial charge in [0.15, 0.2) is 0 Å². The third-order valence-corrected chi connectivity index (χ3v) is 4.46. The van der Waals surface area contributed by atoms with Crippen LogP contribution in [-0.4, -0.2) is 29.0 Å². The molecule has 0 fully saturated rings. The summed E-state index contributed by atoms with van der Waals surface area (Å²) < 4.78 is 22.3. The van der Waals surface area contributed by atoms with E-state index in [9.17, 15) is 19.1 Å². The van der Waals surface area contributed by atoms with E-state index in [0.29, 0.717) is 23.3 Å². The van der Waals surface area contributed by atoms with Crippen molar-refractivity contribution in [2.24, 2.45) is 0 Å². The molecule has 0 saturated heterocycles. The second-order valence-corrected chi connectivity index (χ2v) is 9.12. The van der Waals surface area contributed by atoms with Gasteiger partial charge in [0.05, 0.1) is 19.4 Å². The number of hydrogen-bond donors (Lipinski definition) is 2. The molecule has 0 spiro atoms. The van der Waals surface area contributed by atoms with Crippen LogP contribution in [0.4, 0.5) is 0 Å². The monoisotopic (exact) mass is 384 g/mol. The first-order chi connectivity index (χ1) is 11.8. The predicted octanol–water partition coefficient (Wildman–Crippen LogP) is 3.86. The normalized spacial score (nSPS) is 12.0. The van der Waals surface area contributed by atoms with Gasteiger partial charge in [-0.3, -0.25) is 4.57 Å². The minimum Gasteiger partial charge on any atom is -0.493 e. The highest BCUT2D eigenvalue weighted by molar-refractivity contribution is 7.50. The van der Waals surface area contributed by atoms with Crippen molar-refractivity contribution in [2.45, 2.75) is 52.6 Å². The van der Waals surface area contributed by atoms with Gasteiger partial charge >= 0.3 is 13.6 Å². The second kappa shape index (κ2) is 8.85. The average molecular weight is 384 g/mol. The van der Waals surface area contributed by atoms with Crippen LogP contribution in [0.15, 0.2) is 24.3 Å². The standard InChI is InChI=1S/C19H29O6P/c1-13(2)18(20)25-9-7-8-24-17-14(3)10-16(19(4,5)6)11-15(17)12-26(21,22)23/h10-11H,1,7-9,12H2,2-6H3,(H2,21,22,23). The van der Waals surface area contributed by atoms with Gasteiger partial charge in [0.2, 0.25) is 0 Å². The van der Waals surface area contributed by atoms with Gasteiger partial charge in [-0.2, -0.15) is 0 Å². The molecule has 0 aromatic heterocycles. The molecule has 0 radical (unpaired) electrons. The molecular weight excluding hydrogens is 355 g/mol. The van der Waals surface area contributed by atoms with Crippen LogP contribution in [0.1, 0.15) is 50.8 Å². The molecule has 0 aliphatic carbocycles. The van der Waals surface area contributed by atoms with Crippen LogP contribution < -0.4 is 4.74 Å². The number of aryl methyl sites for hydroxylation is 1. The SMILES string of the molecule is C=C(C)C(=O)OCCCOc1c(C)cc(C(C)(C)C)cc1CP(=O)(O)O. The van der Waals surface area contributed by atoms with Crippen LogP contribution in [0.2, 0.25) is 0 Å². The fourth-order valence-corrected chi connectivity index (χ4v) is 3.03. The van der Waals surface area contributed by atoms with Crippen LogP contribution in [0.5, 0.6) is 5.75 Å². The number of rotatable bonds is 8. The highest BCUT2D eigenvalue weighted by Gasteiger charge is 2.23. The molecule has 0 amide bonds. The Labute approximate surface area is 155 Å². The summed E-state index contributed by atoms with van der Waals surface area (Å²) in [6, 6.07) is 3.77. The molecule has 0 unspecified atom stereocenters. The van der Waals surface area contributed by atoms with E-state index < -0.39 is 13.6 Å². The Morgan fingerprint density at radius 1 is 1.23 bits per heavy atom. The Balaban J connectivity index is 2.90. The lowest BCUT2D eigenvalue weighted by Crippen LogP contribution is -2.14. The van der Waals surface area contributed by atoms with Gasteiger partial charge in [-0.25, -0.2) is 4.79 Å². The molecule has 146 valence electrons. The summed E-state index contributed by atoms with van der Waals surface area (Å²) in [7, 11) is -4.23. The van der Waals surface area contributed by atoms with Crippen molar-refractivity contribution in [2.75, 3.05) is 13.2 Å².